The first kappa shape index (κ1) is 17.5. The van der Waals surface area contributed by atoms with Crippen LogP contribution in [0.3, 0.4) is 0 Å². The van der Waals surface area contributed by atoms with Crippen molar-refractivity contribution in [2.24, 2.45) is 0 Å². The largest absolute Gasteiger partial charge is 0.350 e. The average Bonchev–Trinajstić information content (AvgIpc) is 2.54. The molecule has 23 heavy (non-hydrogen) atoms. The van der Waals surface area contributed by atoms with Crippen LogP contribution in [0.4, 0.5) is 0 Å². The van der Waals surface area contributed by atoms with Gasteiger partial charge in [-0.3, -0.25) is 9.59 Å². The number of amides is 2. The average molecular weight is 396 g/mol. The maximum atomic E-state index is 11.8. The van der Waals surface area contributed by atoms with E-state index in [1.807, 2.05) is 36.4 Å². The van der Waals surface area contributed by atoms with Crippen LogP contribution in [-0.2, 0) is 22.6 Å². The summed E-state index contributed by atoms with van der Waals surface area (Å²) in [6.45, 7) is 0.363. The molecule has 2 amide bonds. The van der Waals surface area contributed by atoms with Gasteiger partial charge in [-0.15, -0.1) is 0 Å². The van der Waals surface area contributed by atoms with E-state index in [1.54, 1.807) is 12.1 Å². The van der Waals surface area contributed by atoms with Gasteiger partial charge >= 0.3 is 0 Å². The third-order valence-electron chi connectivity index (χ3n) is 3.13. The molecule has 0 bridgehead atoms. The molecule has 0 saturated carbocycles. The first-order valence-corrected chi connectivity index (χ1v) is 8.22. The lowest BCUT2D eigenvalue weighted by molar-refractivity contribution is -0.125. The van der Waals surface area contributed by atoms with Gasteiger partial charge in [0.2, 0.25) is 11.8 Å². The SMILES string of the molecule is O=C(CNC(=O)Cc1ccc(Br)cc1)NCc1ccc(Cl)cc1. The molecule has 4 nitrogen and oxygen atoms in total. The van der Waals surface area contributed by atoms with E-state index in [1.165, 1.54) is 0 Å². The second-order valence-corrected chi connectivity index (χ2v) is 6.34. The Balaban J connectivity index is 1.70. The minimum absolute atomic E-state index is 0.0387. The van der Waals surface area contributed by atoms with Crippen LogP contribution in [0.1, 0.15) is 11.1 Å². The van der Waals surface area contributed by atoms with Gasteiger partial charge in [0.05, 0.1) is 13.0 Å². The fourth-order valence-electron chi connectivity index (χ4n) is 1.89. The molecular formula is C17H16BrClN2O2. The summed E-state index contributed by atoms with van der Waals surface area (Å²) in [6, 6.07) is 14.7. The number of rotatable bonds is 6. The van der Waals surface area contributed by atoms with Crippen molar-refractivity contribution in [1.29, 1.82) is 0 Å². The maximum absolute atomic E-state index is 11.8. The van der Waals surface area contributed by atoms with E-state index in [0.29, 0.717) is 11.6 Å². The molecule has 0 aliphatic carbocycles. The number of nitrogens with one attached hydrogen (secondary N) is 2. The zero-order chi connectivity index (χ0) is 16.7. The Kier molecular flexibility index (Phi) is 6.62. The van der Waals surface area contributed by atoms with E-state index in [4.69, 9.17) is 11.6 Å². The Morgan fingerprint density at radius 1 is 0.870 bits per heavy atom. The number of halogens is 2. The van der Waals surface area contributed by atoms with Crippen molar-refractivity contribution in [1.82, 2.24) is 10.6 Å². The van der Waals surface area contributed by atoms with E-state index in [0.717, 1.165) is 15.6 Å². The summed E-state index contributed by atoms with van der Waals surface area (Å²) >= 11 is 9.14. The second kappa shape index (κ2) is 8.70. The number of hydrogen-bond acceptors (Lipinski definition) is 2. The molecule has 0 spiro atoms. The Hall–Kier alpha value is -1.85. The van der Waals surface area contributed by atoms with Crippen molar-refractivity contribution in [3.05, 3.63) is 69.2 Å². The molecule has 0 aromatic heterocycles. The normalized spacial score (nSPS) is 10.2. The zero-order valence-electron chi connectivity index (χ0n) is 12.3. The fraction of sp³-hybridized carbons (Fsp3) is 0.176. The van der Waals surface area contributed by atoms with Gasteiger partial charge in [-0.25, -0.2) is 0 Å². The van der Waals surface area contributed by atoms with Gasteiger partial charge < -0.3 is 10.6 Å². The van der Waals surface area contributed by atoms with E-state index in [9.17, 15) is 9.59 Å². The Morgan fingerprint density at radius 3 is 2.13 bits per heavy atom. The standard InChI is InChI=1S/C17H16BrClN2O2/c18-14-5-1-12(2-6-14)9-16(22)21-11-17(23)20-10-13-3-7-15(19)8-4-13/h1-8H,9-11H2,(H,20,23)(H,21,22). The number of carbonyl (C=O) groups excluding carboxylic acids is 2. The first-order chi connectivity index (χ1) is 11.0. The van der Waals surface area contributed by atoms with Crippen molar-refractivity contribution in [2.45, 2.75) is 13.0 Å². The Labute approximate surface area is 148 Å². The Morgan fingerprint density at radius 2 is 1.48 bits per heavy atom. The van der Waals surface area contributed by atoms with Crippen molar-refractivity contribution in [3.8, 4) is 0 Å². The molecule has 0 fully saturated rings. The van der Waals surface area contributed by atoms with Crippen LogP contribution in [0.5, 0.6) is 0 Å². The van der Waals surface area contributed by atoms with Gasteiger partial charge in [0.15, 0.2) is 0 Å². The molecule has 0 aliphatic heterocycles. The highest BCUT2D eigenvalue weighted by molar-refractivity contribution is 9.10. The van der Waals surface area contributed by atoms with Crippen molar-refractivity contribution < 1.29 is 9.59 Å². The molecule has 2 aromatic rings. The summed E-state index contributed by atoms with van der Waals surface area (Å²) < 4.78 is 0.961. The minimum atomic E-state index is -0.232. The highest BCUT2D eigenvalue weighted by Crippen LogP contribution is 2.11. The zero-order valence-corrected chi connectivity index (χ0v) is 14.7. The van der Waals surface area contributed by atoms with E-state index >= 15 is 0 Å². The van der Waals surface area contributed by atoms with Crippen LogP contribution in [0.15, 0.2) is 53.0 Å². The van der Waals surface area contributed by atoms with E-state index < -0.39 is 0 Å². The molecule has 6 heteroatoms. The first-order valence-electron chi connectivity index (χ1n) is 7.05. The molecule has 0 saturated heterocycles. The molecule has 2 rings (SSSR count). The lowest BCUT2D eigenvalue weighted by Crippen LogP contribution is -2.37. The molecule has 0 heterocycles. The summed E-state index contributed by atoms with van der Waals surface area (Å²) in [4.78, 5) is 23.5. The topological polar surface area (TPSA) is 58.2 Å². The highest BCUT2D eigenvalue weighted by atomic mass is 79.9. The highest BCUT2D eigenvalue weighted by Gasteiger charge is 2.06. The molecule has 2 N–H and O–H groups in total. The monoisotopic (exact) mass is 394 g/mol. The molecule has 0 atom stereocenters. The third-order valence-corrected chi connectivity index (χ3v) is 3.91. The summed E-state index contributed by atoms with van der Waals surface area (Å²) in [6.07, 6.45) is 0.248. The van der Waals surface area contributed by atoms with Crippen LogP contribution < -0.4 is 10.6 Å². The second-order valence-electron chi connectivity index (χ2n) is 4.98. The smallest absolute Gasteiger partial charge is 0.239 e. The molecule has 0 aliphatic rings. The minimum Gasteiger partial charge on any atom is -0.350 e. The number of carbonyl (C=O) groups is 2. The van der Waals surface area contributed by atoms with Crippen LogP contribution in [0.25, 0.3) is 0 Å². The molecule has 0 radical (unpaired) electrons. The molecule has 2 aromatic carbocycles. The quantitative estimate of drug-likeness (QED) is 0.790. The summed E-state index contributed by atoms with van der Waals surface area (Å²) in [5, 5.41) is 6.00. The molecular weight excluding hydrogens is 380 g/mol. The van der Waals surface area contributed by atoms with Gasteiger partial charge in [0, 0.05) is 16.0 Å². The predicted octanol–water partition coefficient (Wildman–Crippen LogP) is 3.08. The summed E-state index contributed by atoms with van der Waals surface area (Å²) in [7, 11) is 0. The predicted molar refractivity (Wildman–Crippen MR) is 94.2 cm³/mol. The van der Waals surface area contributed by atoms with Crippen molar-refractivity contribution in [3.63, 3.8) is 0 Å². The summed E-state index contributed by atoms with van der Waals surface area (Å²) in [5.74, 6) is -0.418. The molecule has 0 unspecified atom stereocenters. The maximum Gasteiger partial charge on any atom is 0.239 e. The lowest BCUT2D eigenvalue weighted by Gasteiger charge is -2.07. The lowest BCUT2D eigenvalue weighted by atomic mass is 10.1. The van der Waals surface area contributed by atoms with Crippen LogP contribution in [-0.4, -0.2) is 18.4 Å². The van der Waals surface area contributed by atoms with Gasteiger partial charge in [0.1, 0.15) is 0 Å². The van der Waals surface area contributed by atoms with Crippen LogP contribution >= 0.6 is 27.5 Å². The van der Waals surface area contributed by atoms with Gasteiger partial charge in [0.25, 0.3) is 0 Å². The Bertz CT molecular complexity index is 672. The fourth-order valence-corrected chi connectivity index (χ4v) is 2.28. The van der Waals surface area contributed by atoms with Gasteiger partial charge in [-0.05, 0) is 35.4 Å². The number of hydrogen-bond donors (Lipinski definition) is 2. The molecule has 120 valence electrons. The summed E-state index contributed by atoms with van der Waals surface area (Å²) in [5.41, 5.74) is 1.84. The van der Waals surface area contributed by atoms with Crippen molar-refractivity contribution >= 4 is 39.3 Å². The number of benzene rings is 2. The van der Waals surface area contributed by atoms with E-state index in [2.05, 4.69) is 26.6 Å². The van der Waals surface area contributed by atoms with Crippen LogP contribution in [0.2, 0.25) is 5.02 Å². The van der Waals surface area contributed by atoms with Crippen molar-refractivity contribution in [2.75, 3.05) is 6.54 Å². The van der Waals surface area contributed by atoms with Crippen LogP contribution in [0, 0.1) is 0 Å². The van der Waals surface area contributed by atoms with Gasteiger partial charge in [-0.1, -0.05) is 51.8 Å². The third kappa shape index (κ3) is 6.42. The van der Waals surface area contributed by atoms with Gasteiger partial charge in [-0.2, -0.15) is 0 Å². The van der Waals surface area contributed by atoms with E-state index in [-0.39, 0.29) is 24.8 Å².